The lowest BCUT2D eigenvalue weighted by Gasteiger charge is -2.13. The van der Waals surface area contributed by atoms with Crippen LogP contribution in [0.4, 0.5) is 0 Å². The van der Waals surface area contributed by atoms with Crippen molar-refractivity contribution in [1.29, 1.82) is 0 Å². The minimum atomic E-state index is 0.0148. The summed E-state index contributed by atoms with van der Waals surface area (Å²) >= 11 is 1.72. The molecule has 0 saturated carbocycles. The molecule has 1 aromatic heterocycles. The van der Waals surface area contributed by atoms with Gasteiger partial charge in [-0.3, -0.25) is 0 Å². The molecule has 1 heterocycles. The summed E-state index contributed by atoms with van der Waals surface area (Å²) in [6.07, 6.45) is 1.18. The van der Waals surface area contributed by atoms with Gasteiger partial charge in [-0.05, 0) is 34.9 Å². The van der Waals surface area contributed by atoms with Crippen molar-refractivity contribution in [2.24, 2.45) is 5.73 Å². The van der Waals surface area contributed by atoms with Crippen LogP contribution in [0.5, 0.6) is 0 Å². The molecule has 17 heavy (non-hydrogen) atoms. The largest absolute Gasteiger partial charge is 0.320 e. The van der Waals surface area contributed by atoms with Gasteiger partial charge in [-0.25, -0.2) is 0 Å². The molecule has 1 aromatic carbocycles. The van der Waals surface area contributed by atoms with E-state index in [0.717, 1.165) is 0 Å². The molecule has 0 fully saturated rings. The van der Waals surface area contributed by atoms with Crippen molar-refractivity contribution in [3.8, 4) is 0 Å². The van der Waals surface area contributed by atoms with E-state index in [-0.39, 0.29) is 6.04 Å². The van der Waals surface area contributed by atoms with Crippen molar-refractivity contribution >= 4 is 11.3 Å². The summed E-state index contributed by atoms with van der Waals surface area (Å²) in [4.78, 5) is 1.22. The number of hydrogen-bond acceptors (Lipinski definition) is 2. The molecule has 2 N–H and O–H groups in total. The molecule has 0 aliphatic carbocycles. The average Bonchev–Trinajstić information content (AvgIpc) is 2.91. The van der Waals surface area contributed by atoms with Crippen molar-refractivity contribution in [2.75, 3.05) is 0 Å². The molecule has 2 rings (SSSR count). The molecule has 2 aromatic rings. The summed E-state index contributed by atoms with van der Waals surface area (Å²) in [7, 11) is 0. The fourth-order valence-electron chi connectivity index (χ4n) is 1.90. The van der Waals surface area contributed by atoms with Gasteiger partial charge in [-0.15, -0.1) is 11.3 Å². The summed E-state index contributed by atoms with van der Waals surface area (Å²) in [6, 6.07) is 12.9. The van der Waals surface area contributed by atoms with Gasteiger partial charge in [0.2, 0.25) is 0 Å². The topological polar surface area (TPSA) is 26.0 Å². The van der Waals surface area contributed by atoms with Gasteiger partial charge in [-0.2, -0.15) is 0 Å². The molecular weight excluding hydrogens is 226 g/mol. The maximum Gasteiger partial charge on any atom is 0.0645 e. The second-order valence-electron chi connectivity index (χ2n) is 4.47. The molecule has 90 valence electrons. The zero-order valence-corrected chi connectivity index (χ0v) is 11.2. The molecule has 1 nitrogen and oxygen atoms in total. The maximum atomic E-state index is 6.23. The Balaban J connectivity index is 2.18. The summed E-state index contributed by atoms with van der Waals surface area (Å²) in [5.41, 5.74) is 8.82. The van der Waals surface area contributed by atoms with Crippen LogP contribution in [0.15, 0.2) is 41.8 Å². The molecule has 0 saturated heterocycles. The van der Waals surface area contributed by atoms with E-state index in [0.29, 0.717) is 5.92 Å². The predicted octanol–water partition coefficient (Wildman–Crippen LogP) is 4.31. The van der Waals surface area contributed by atoms with E-state index in [1.807, 2.05) is 6.07 Å². The Kier molecular flexibility index (Phi) is 3.97. The molecule has 0 radical (unpaired) electrons. The van der Waals surface area contributed by atoms with Gasteiger partial charge in [-0.1, -0.05) is 44.2 Å². The molecule has 0 aliphatic rings. The van der Waals surface area contributed by atoms with E-state index in [9.17, 15) is 0 Å². The minimum absolute atomic E-state index is 0.0148. The van der Waals surface area contributed by atoms with Crippen LogP contribution in [0.1, 0.15) is 48.2 Å². The highest BCUT2D eigenvalue weighted by Crippen LogP contribution is 2.25. The first-order chi connectivity index (χ1) is 8.22. The Morgan fingerprint density at radius 1 is 1.12 bits per heavy atom. The third-order valence-electron chi connectivity index (χ3n) is 3.33. The van der Waals surface area contributed by atoms with E-state index in [2.05, 4.69) is 49.6 Å². The van der Waals surface area contributed by atoms with Crippen LogP contribution in [0, 0.1) is 0 Å². The fourth-order valence-corrected chi connectivity index (χ4v) is 2.65. The Morgan fingerprint density at radius 2 is 1.76 bits per heavy atom. The van der Waals surface area contributed by atoms with Crippen molar-refractivity contribution in [3.05, 3.63) is 57.8 Å². The molecule has 0 bridgehead atoms. The average molecular weight is 245 g/mol. The molecular formula is C15H19NS. The molecule has 0 amide bonds. The van der Waals surface area contributed by atoms with Gasteiger partial charge in [0.25, 0.3) is 0 Å². The first kappa shape index (κ1) is 12.3. The Hall–Kier alpha value is -1.12. The lowest BCUT2D eigenvalue weighted by atomic mass is 9.96. The van der Waals surface area contributed by atoms with Gasteiger partial charge in [0.15, 0.2) is 0 Å². The van der Waals surface area contributed by atoms with Gasteiger partial charge in [0.1, 0.15) is 0 Å². The predicted molar refractivity (Wildman–Crippen MR) is 75.5 cm³/mol. The van der Waals surface area contributed by atoms with Crippen LogP contribution in [-0.2, 0) is 0 Å². The smallest absolute Gasteiger partial charge is 0.0645 e. The van der Waals surface area contributed by atoms with Crippen LogP contribution in [0.2, 0.25) is 0 Å². The molecule has 2 heteroatoms. The normalized spacial score (nSPS) is 14.5. The standard InChI is InChI=1S/C15H19NS/c1-3-11(2)12-6-8-13(9-7-12)15(16)14-5-4-10-17-14/h4-11,15H,3,16H2,1-2H3/t11-,15+/m1/s1. The van der Waals surface area contributed by atoms with Gasteiger partial charge in [0, 0.05) is 4.88 Å². The number of thiophene rings is 1. The second-order valence-corrected chi connectivity index (χ2v) is 5.45. The van der Waals surface area contributed by atoms with E-state index in [1.54, 1.807) is 11.3 Å². The number of nitrogens with two attached hydrogens (primary N) is 1. The monoisotopic (exact) mass is 245 g/mol. The SMILES string of the molecule is CC[C@@H](C)c1ccc([C@H](N)c2cccs2)cc1. The number of rotatable bonds is 4. The van der Waals surface area contributed by atoms with Crippen molar-refractivity contribution < 1.29 is 0 Å². The Bertz CT molecular complexity index is 444. The van der Waals surface area contributed by atoms with Crippen LogP contribution in [0.3, 0.4) is 0 Å². The van der Waals surface area contributed by atoms with E-state index in [4.69, 9.17) is 5.73 Å². The number of hydrogen-bond donors (Lipinski definition) is 1. The number of benzene rings is 1. The lowest BCUT2D eigenvalue weighted by Crippen LogP contribution is -2.10. The first-order valence-electron chi connectivity index (χ1n) is 6.11. The Morgan fingerprint density at radius 3 is 2.29 bits per heavy atom. The first-order valence-corrected chi connectivity index (χ1v) is 6.99. The summed E-state index contributed by atoms with van der Waals surface area (Å²) in [5, 5.41) is 2.07. The van der Waals surface area contributed by atoms with Crippen molar-refractivity contribution in [3.63, 3.8) is 0 Å². The zero-order valence-electron chi connectivity index (χ0n) is 10.4. The van der Waals surface area contributed by atoms with Crippen LogP contribution in [-0.4, -0.2) is 0 Å². The molecule has 0 spiro atoms. The lowest BCUT2D eigenvalue weighted by molar-refractivity contribution is 0.732. The van der Waals surface area contributed by atoms with E-state index in [1.165, 1.54) is 22.4 Å². The van der Waals surface area contributed by atoms with Crippen molar-refractivity contribution in [2.45, 2.75) is 32.2 Å². The van der Waals surface area contributed by atoms with E-state index >= 15 is 0 Å². The van der Waals surface area contributed by atoms with Gasteiger partial charge < -0.3 is 5.73 Å². The van der Waals surface area contributed by atoms with Crippen LogP contribution < -0.4 is 5.73 Å². The summed E-state index contributed by atoms with van der Waals surface area (Å²) in [5.74, 6) is 0.627. The van der Waals surface area contributed by atoms with Gasteiger partial charge >= 0.3 is 0 Å². The third-order valence-corrected chi connectivity index (χ3v) is 4.28. The highest BCUT2D eigenvalue weighted by Gasteiger charge is 2.10. The molecule has 0 aliphatic heterocycles. The molecule has 0 unspecified atom stereocenters. The van der Waals surface area contributed by atoms with Crippen molar-refractivity contribution in [1.82, 2.24) is 0 Å². The van der Waals surface area contributed by atoms with Crippen LogP contribution >= 0.6 is 11.3 Å². The van der Waals surface area contributed by atoms with Gasteiger partial charge in [0.05, 0.1) is 6.04 Å². The minimum Gasteiger partial charge on any atom is -0.320 e. The highest BCUT2D eigenvalue weighted by atomic mass is 32.1. The summed E-state index contributed by atoms with van der Waals surface area (Å²) < 4.78 is 0. The summed E-state index contributed by atoms with van der Waals surface area (Å²) in [6.45, 7) is 4.48. The highest BCUT2D eigenvalue weighted by molar-refractivity contribution is 7.10. The van der Waals surface area contributed by atoms with Crippen LogP contribution in [0.25, 0.3) is 0 Å². The maximum absolute atomic E-state index is 6.23. The van der Waals surface area contributed by atoms with E-state index < -0.39 is 0 Å². The quantitative estimate of drug-likeness (QED) is 0.853. The third kappa shape index (κ3) is 2.76. The molecule has 2 atom stereocenters. The zero-order chi connectivity index (χ0) is 12.3. The second kappa shape index (κ2) is 5.48. The Labute approximate surface area is 107 Å². The fraction of sp³-hybridized carbons (Fsp3) is 0.333.